The molecule has 0 fully saturated rings. The molecule has 5 nitrogen and oxygen atoms in total. The summed E-state index contributed by atoms with van der Waals surface area (Å²) in [5, 5.41) is 9.89. The van der Waals surface area contributed by atoms with Crippen LogP contribution in [0.3, 0.4) is 0 Å². The van der Waals surface area contributed by atoms with E-state index in [2.05, 4.69) is 4.99 Å². The zero-order valence-corrected chi connectivity index (χ0v) is 16.5. The number of carbonyl (C=O) groups excluding carboxylic acids is 1. The summed E-state index contributed by atoms with van der Waals surface area (Å²) in [6, 6.07) is 13.0. The second-order valence-corrected chi connectivity index (χ2v) is 6.76. The molecular weight excluding hydrogens is 378 g/mol. The van der Waals surface area contributed by atoms with E-state index in [1.807, 2.05) is 13.8 Å². The smallest absolute Gasteiger partial charge is 0.336 e. The highest BCUT2D eigenvalue weighted by Crippen LogP contribution is 2.15. The number of nitrogens with zero attached hydrogens (tertiary/aromatic N) is 1. The number of carboxylic acids is 1. The van der Waals surface area contributed by atoms with Gasteiger partial charge >= 0.3 is 11.9 Å². The molecule has 28 heavy (non-hydrogen) atoms. The average molecular weight is 400 g/mol. The molecule has 0 saturated carbocycles. The van der Waals surface area contributed by atoms with E-state index in [1.54, 1.807) is 54.6 Å². The first-order valence-electron chi connectivity index (χ1n) is 8.90. The monoisotopic (exact) mass is 399 g/mol. The molecule has 0 aliphatic rings. The van der Waals surface area contributed by atoms with Crippen LogP contribution in [-0.2, 0) is 9.59 Å². The molecule has 0 saturated heterocycles. The summed E-state index contributed by atoms with van der Waals surface area (Å²) in [4.78, 5) is 27.4. The summed E-state index contributed by atoms with van der Waals surface area (Å²) in [6.07, 6.45) is 5.23. The summed E-state index contributed by atoms with van der Waals surface area (Å²) >= 11 is 5.82. The fraction of sp³-hybridized carbons (Fsp3) is 0.227. The fourth-order valence-electron chi connectivity index (χ4n) is 2.35. The van der Waals surface area contributed by atoms with Crippen LogP contribution in [0.25, 0.3) is 6.08 Å². The van der Waals surface area contributed by atoms with Crippen LogP contribution in [0.2, 0.25) is 5.02 Å². The highest BCUT2D eigenvalue weighted by molar-refractivity contribution is 6.30. The third-order valence-electron chi connectivity index (χ3n) is 4.20. The topological polar surface area (TPSA) is 76.0 Å². The number of rotatable bonds is 8. The summed E-state index contributed by atoms with van der Waals surface area (Å²) in [6.45, 7) is 3.79. The van der Waals surface area contributed by atoms with Gasteiger partial charge in [0.2, 0.25) is 0 Å². The minimum atomic E-state index is -0.941. The van der Waals surface area contributed by atoms with Crippen molar-refractivity contribution in [2.24, 2.45) is 10.9 Å². The van der Waals surface area contributed by atoms with Crippen molar-refractivity contribution >= 4 is 35.8 Å². The Morgan fingerprint density at radius 3 is 2.29 bits per heavy atom. The molecule has 2 aromatic carbocycles. The van der Waals surface area contributed by atoms with Crippen LogP contribution in [0.5, 0.6) is 5.75 Å². The van der Waals surface area contributed by atoms with Crippen LogP contribution in [0.1, 0.15) is 31.4 Å². The highest BCUT2D eigenvalue weighted by Gasteiger charge is 2.21. The van der Waals surface area contributed by atoms with E-state index in [0.29, 0.717) is 10.8 Å². The Kier molecular flexibility index (Phi) is 7.96. The van der Waals surface area contributed by atoms with Crippen molar-refractivity contribution in [3.8, 4) is 5.75 Å². The van der Waals surface area contributed by atoms with Crippen LogP contribution in [0, 0.1) is 5.92 Å². The molecule has 1 N–H and O–H groups in total. The Bertz CT molecular complexity index is 857. The molecule has 0 aliphatic heterocycles. The maximum absolute atomic E-state index is 11.9. The van der Waals surface area contributed by atoms with Gasteiger partial charge in [-0.05, 0) is 59.5 Å². The van der Waals surface area contributed by atoms with Gasteiger partial charge in [-0.3, -0.25) is 4.99 Å². The summed E-state index contributed by atoms with van der Waals surface area (Å²) in [5.74, 6) is -1.11. The first kappa shape index (κ1) is 21.4. The van der Waals surface area contributed by atoms with E-state index in [-0.39, 0.29) is 5.92 Å². The van der Waals surface area contributed by atoms with E-state index in [1.165, 1.54) is 12.3 Å². The summed E-state index contributed by atoms with van der Waals surface area (Å²) < 4.78 is 5.24. The van der Waals surface area contributed by atoms with Crippen molar-refractivity contribution in [1.29, 1.82) is 0 Å². The zero-order valence-electron chi connectivity index (χ0n) is 15.7. The van der Waals surface area contributed by atoms with E-state index in [9.17, 15) is 14.7 Å². The molecule has 0 aliphatic carbocycles. The number of carbonyl (C=O) groups is 2. The molecule has 146 valence electrons. The minimum absolute atomic E-state index is 0.0543. The number of hydrogen-bond acceptors (Lipinski definition) is 4. The van der Waals surface area contributed by atoms with Crippen molar-refractivity contribution in [2.45, 2.75) is 26.3 Å². The Morgan fingerprint density at radius 1 is 1.11 bits per heavy atom. The molecule has 2 aromatic rings. The molecule has 0 amide bonds. The Balaban J connectivity index is 1.96. The lowest BCUT2D eigenvalue weighted by Gasteiger charge is -2.13. The molecule has 0 radical (unpaired) electrons. The van der Waals surface area contributed by atoms with Gasteiger partial charge in [0.25, 0.3) is 0 Å². The number of halogens is 1. The van der Waals surface area contributed by atoms with E-state index < -0.39 is 18.0 Å². The van der Waals surface area contributed by atoms with Gasteiger partial charge in [-0.1, -0.05) is 44.0 Å². The van der Waals surface area contributed by atoms with Crippen molar-refractivity contribution < 1.29 is 19.4 Å². The van der Waals surface area contributed by atoms with Crippen LogP contribution >= 0.6 is 11.6 Å². The number of benzene rings is 2. The second-order valence-electron chi connectivity index (χ2n) is 6.32. The minimum Gasteiger partial charge on any atom is -0.480 e. The lowest BCUT2D eigenvalue weighted by atomic mass is 10.00. The molecule has 0 spiro atoms. The number of esters is 1. The van der Waals surface area contributed by atoms with Gasteiger partial charge in [0.05, 0.1) is 0 Å². The SMILES string of the molecule is CCC(C)C(/N=C/c1ccc(OC(=O)/C=C/c2ccc(Cl)cc2)cc1)C(=O)O. The molecule has 0 heterocycles. The van der Waals surface area contributed by atoms with Gasteiger partial charge in [-0.2, -0.15) is 0 Å². The normalized spacial score (nSPS) is 13.5. The Labute approximate surface area is 169 Å². The molecule has 2 unspecified atom stereocenters. The van der Waals surface area contributed by atoms with Crippen molar-refractivity contribution in [1.82, 2.24) is 0 Å². The first-order valence-corrected chi connectivity index (χ1v) is 9.28. The Morgan fingerprint density at radius 2 is 1.71 bits per heavy atom. The van der Waals surface area contributed by atoms with Crippen LogP contribution < -0.4 is 4.74 Å². The van der Waals surface area contributed by atoms with Crippen molar-refractivity contribution in [3.05, 3.63) is 70.8 Å². The summed E-state index contributed by atoms with van der Waals surface area (Å²) in [5.41, 5.74) is 1.56. The van der Waals surface area contributed by atoms with Gasteiger partial charge in [0, 0.05) is 17.3 Å². The molecule has 2 atom stereocenters. The van der Waals surface area contributed by atoms with Gasteiger partial charge in [-0.25, -0.2) is 9.59 Å². The number of aliphatic imine (C=N–C) groups is 1. The maximum Gasteiger partial charge on any atom is 0.336 e. The maximum atomic E-state index is 11.9. The van der Waals surface area contributed by atoms with Crippen LogP contribution in [-0.4, -0.2) is 29.3 Å². The van der Waals surface area contributed by atoms with Crippen molar-refractivity contribution in [3.63, 3.8) is 0 Å². The number of aliphatic carboxylic acids is 1. The highest BCUT2D eigenvalue weighted by atomic mass is 35.5. The van der Waals surface area contributed by atoms with Crippen LogP contribution in [0.15, 0.2) is 59.6 Å². The zero-order chi connectivity index (χ0) is 20.5. The first-order chi connectivity index (χ1) is 13.4. The molecular formula is C22H22ClNO4. The lowest BCUT2D eigenvalue weighted by Crippen LogP contribution is -2.25. The number of ether oxygens (including phenoxy) is 1. The summed E-state index contributed by atoms with van der Waals surface area (Å²) in [7, 11) is 0. The lowest BCUT2D eigenvalue weighted by molar-refractivity contribution is -0.139. The quantitative estimate of drug-likeness (QED) is 0.297. The predicted octanol–water partition coefficient (Wildman–Crippen LogP) is 4.88. The van der Waals surface area contributed by atoms with E-state index in [0.717, 1.165) is 17.5 Å². The third-order valence-corrected chi connectivity index (χ3v) is 4.45. The fourth-order valence-corrected chi connectivity index (χ4v) is 2.48. The van der Waals surface area contributed by atoms with Gasteiger partial charge < -0.3 is 9.84 Å². The Hall–Kier alpha value is -2.92. The third kappa shape index (κ3) is 6.67. The van der Waals surface area contributed by atoms with Gasteiger partial charge in [0.1, 0.15) is 11.8 Å². The van der Waals surface area contributed by atoms with Crippen molar-refractivity contribution in [2.75, 3.05) is 0 Å². The molecule has 6 heteroatoms. The average Bonchev–Trinajstić information content (AvgIpc) is 2.68. The van der Waals surface area contributed by atoms with E-state index >= 15 is 0 Å². The largest absolute Gasteiger partial charge is 0.480 e. The van der Waals surface area contributed by atoms with Gasteiger partial charge in [0.15, 0.2) is 0 Å². The standard InChI is InChI=1S/C22H22ClNO4/c1-3-15(2)21(22(26)27)24-14-17-6-11-19(12-7-17)28-20(25)13-8-16-4-9-18(23)10-5-16/h4-15,21H,3H2,1-2H3,(H,26,27)/b13-8+,24-14+. The van der Waals surface area contributed by atoms with Crippen LogP contribution in [0.4, 0.5) is 0 Å². The van der Waals surface area contributed by atoms with Gasteiger partial charge in [-0.15, -0.1) is 0 Å². The molecule has 2 rings (SSSR count). The molecule has 0 aromatic heterocycles. The molecule has 0 bridgehead atoms. The predicted molar refractivity (Wildman–Crippen MR) is 111 cm³/mol. The van der Waals surface area contributed by atoms with E-state index in [4.69, 9.17) is 16.3 Å². The second kappa shape index (κ2) is 10.4. The number of carboxylic acid groups (broad SMARTS) is 1. The number of hydrogen-bond donors (Lipinski definition) is 1.